The van der Waals surface area contributed by atoms with Crippen molar-refractivity contribution in [3.63, 3.8) is 0 Å². The zero-order chi connectivity index (χ0) is 17.0. The molecule has 8 heteroatoms. The number of amides is 2. The van der Waals surface area contributed by atoms with Crippen LogP contribution in [0.2, 0.25) is 0 Å². The highest BCUT2D eigenvalue weighted by atomic mass is 16.5. The second-order valence-electron chi connectivity index (χ2n) is 6.62. The minimum absolute atomic E-state index is 0.103. The van der Waals surface area contributed by atoms with Gasteiger partial charge in [0.2, 0.25) is 5.89 Å². The molecule has 0 unspecified atom stereocenters. The molecule has 1 aliphatic heterocycles. The summed E-state index contributed by atoms with van der Waals surface area (Å²) in [7, 11) is 1.63. The van der Waals surface area contributed by atoms with Gasteiger partial charge in [-0.05, 0) is 19.8 Å². The smallest absolute Gasteiger partial charge is 0.318 e. The first-order valence-electron chi connectivity index (χ1n) is 8.63. The van der Waals surface area contributed by atoms with E-state index in [4.69, 9.17) is 14.0 Å². The first-order chi connectivity index (χ1) is 11.6. The van der Waals surface area contributed by atoms with Crippen molar-refractivity contribution in [3.05, 3.63) is 11.7 Å². The predicted molar refractivity (Wildman–Crippen MR) is 85.5 cm³/mol. The van der Waals surface area contributed by atoms with Crippen LogP contribution in [-0.2, 0) is 15.9 Å². The predicted octanol–water partition coefficient (Wildman–Crippen LogP) is 1.67. The largest absolute Gasteiger partial charge is 0.384 e. The summed E-state index contributed by atoms with van der Waals surface area (Å²) in [5.74, 6) is 1.00. The Kier molecular flexibility index (Phi) is 5.35. The highest BCUT2D eigenvalue weighted by Crippen LogP contribution is 2.35. The molecule has 3 rings (SSSR count). The van der Waals surface area contributed by atoms with Crippen molar-refractivity contribution in [1.29, 1.82) is 0 Å². The van der Waals surface area contributed by atoms with Crippen LogP contribution in [0.1, 0.15) is 50.4 Å². The first-order valence-corrected chi connectivity index (χ1v) is 8.63. The van der Waals surface area contributed by atoms with Crippen LogP contribution in [-0.4, -0.2) is 60.1 Å². The van der Waals surface area contributed by atoms with Gasteiger partial charge in [0.25, 0.3) is 0 Å². The number of hydrogen-bond acceptors (Lipinski definition) is 6. The molecule has 1 aromatic heterocycles. The monoisotopic (exact) mass is 338 g/mol. The molecule has 2 amide bonds. The topological polar surface area (TPSA) is 89.7 Å². The van der Waals surface area contributed by atoms with Crippen LogP contribution in [0.3, 0.4) is 0 Å². The summed E-state index contributed by atoms with van der Waals surface area (Å²) in [6, 6.07) is -0.433. The summed E-state index contributed by atoms with van der Waals surface area (Å²) < 4.78 is 16.2. The van der Waals surface area contributed by atoms with E-state index in [0.717, 1.165) is 12.8 Å². The summed E-state index contributed by atoms with van der Waals surface area (Å²) in [6.07, 6.45) is 5.03. The number of morpholine rings is 1. The molecule has 1 spiro atoms. The fraction of sp³-hybridized carbons (Fsp3) is 0.812. The average Bonchev–Trinajstić information content (AvgIpc) is 3.23. The van der Waals surface area contributed by atoms with Crippen LogP contribution in [0.4, 0.5) is 4.79 Å². The lowest BCUT2D eigenvalue weighted by molar-refractivity contribution is -0.0927. The van der Waals surface area contributed by atoms with E-state index in [9.17, 15) is 4.79 Å². The molecule has 1 saturated carbocycles. The summed E-state index contributed by atoms with van der Waals surface area (Å²) in [6.45, 7) is 4.26. The van der Waals surface area contributed by atoms with Crippen LogP contribution in [0, 0.1) is 0 Å². The van der Waals surface area contributed by atoms with Gasteiger partial charge in [-0.25, -0.2) is 4.79 Å². The molecule has 24 heavy (non-hydrogen) atoms. The number of rotatable bonds is 5. The van der Waals surface area contributed by atoms with Gasteiger partial charge < -0.3 is 24.2 Å². The summed E-state index contributed by atoms with van der Waals surface area (Å²) in [5, 5.41) is 6.85. The fourth-order valence-electron chi connectivity index (χ4n) is 3.42. The molecule has 1 atom stereocenters. The number of hydrogen-bond donors (Lipinski definition) is 1. The third-order valence-corrected chi connectivity index (χ3v) is 4.77. The molecule has 2 aliphatic rings. The molecular formula is C16H26N4O4. The molecule has 0 aromatic carbocycles. The molecule has 134 valence electrons. The molecule has 1 aromatic rings. The molecule has 8 nitrogen and oxygen atoms in total. The molecule has 0 radical (unpaired) electrons. The van der Waals surface area contributed by atoms with Crippen molar-refractivity contribution in [2.75, 3.05) is 33.4 Å². The Morgan fingerprint density at radius 2 is 2.25 bits per heavy atom. The van der Waals surface area contributed by atoms with Crippen LogP contribution in [0.25, 0.3) is 0 Å². The Morgan fingerprint density at radius 1 is 1.46 bits per heavy atom. The van der Waals surface area contributed by atoms with Crippen molar-refractivity contribution in [1.82, 2.24) is 20.4 Å². The number of urea groups is 1. The van der Waals surface area contributed by atoms with Gasteiger partial charge in [-0.3, -0.25) is 0 Å². The lowest BCUT2D eigenvalue weighted by Gasteiger charge is -2.40. The molecular weight excluding hydrogens is 312 g/mol. The van der Waals surface area contributed by atoms with Gasteiger partial charge in [0.15, 0.2) is 5.82 Å². The molecule has 0 bridgehead atoms. The van der Waals surface area contributed by atoms with Gasteiger partial charge in [-0.15, -0.1) is 0 Å². The maximum Gasteiger partial charge on any atom is 0.318 e. The van der Waals surface area contributed by atoms with E-state index >= 15 is 0 Å². The Balaban J connectivity index is 1.54. The molecule has 1 saturated heterocycles. The Morgan fingerprint density at radius 3 is 3.00 bits per heavy atom. The maximum atomic E-state index is 12.6. The van der Waals surface area contributed by atoms with Gasteiger partial charge in [0.1, 0.15) is 6.04 Å². The van der Waals surface area contributed by atoms with Gasteiger partial charge in [-0.2, -0.15) is 4.98 Å². The Hall–Kier alpha value is -1.67. The SMILES string of the molecule is COCCc1noc([C@@H](C)NC(=O)N2CCOC3(CCCC3)C2)n1. The fourth-order valence-corrected chi connectivity index (χ4v) is 3.42. The summed E-state index contributed by atoms with van der Waals surface area (Å²) in [5.41, 5.74) is -0.128. The van der Waals surface area contributed by atoms with Crippen molar-refractivity contribution >= 4 is 6.03 Å². The normalized spacial score (nSPS) is 21.2. The van der Waals surface area contributed by atoms with Gasteiger partial charge in [-0.1, -0.05) is 18.0 Å². The lowest BCUT2D eigenvalue weighted by atomic mass is 10.00. The van der Waals surface area contributed by atoms with E-state index in [1.807, 2.05) is 11.8 Å². The van der Waals surface area contributed by atoms with E-state index in [-0.39, 0.29) is 17.7 Å². The van der Waals surface area contributed by atoms with Crippen LogP contribution >= 0.6 is 0 Å². The van der Waals surface area contributed by atoms with E-state index in [1.54, 1.807) is 7.11 Å². The molecule has 2 heterocycles. The van der Waals surface area contributed by atoms with Crippen molar-refractivity contribution in [2.45, 2.75) is 50.7 Å². The number of nitrogens with zero attached hydrogens (tertiary/aromatic N) is 3. The standard InChI is InChI=1S/C16H26N4O4/c1-12(14-18-13(19-24-14)5-9-22-2)17-15(21)20-8-10-23-16(11-20)6-3-4-7-16/h12H,3-11H2,1-2H3,(H,17,21)/t12-/m1/s1. The van der Waals surface area contributed by atoms with E-state index in [1.165, 1.54) is 12.8 Å². The van der Waals surface area contributed by atoms with Crippen LogP contribution in [0.5, 0.6) is 0 Å². The second kappa shape index (κ2) is 7.48. The van der Waals surface area contributed by atoms with E-state index in [2.05, 4.69) is 15.5 Å². The summed E-state index contributed by atoms with van der Waals surface area (Å²) in [4.78, 5) is 18.7. The zero-order valence-corrected chi connectivity index (χ0v) is 14.4. The van der Waals surface area contributed by atoms with Crippen molar-refractivity contribution < 1.29 is 18.8 Å². The minimum atomic E-state index is -0.330. The zero-order valence-electron chi connectivity index (χ0n) is 14.4. The molecule has 1 aliphatic carbocycles. The van der Waals surface area contributed by atoms with Crippen molar-refractivity contribution in [2.24, 2.45) is 0 Å². The van der Waals surface area contributed by atoms with Crippen LogP contribution < -0.4 is 5.32 Å². The quantitative estimate of drug-likeness (QED) is 0.878. The average molecular weight is 338 g/mol. The highest BCUT2D eigenvalue weighted by molar-refractivity contribution is 5.74. The number of nitrogens with one attached hydrogen (secondary N) is 1. The lowest BCUT2D eigenvalue weighted by Crippen LogP contribution is -2.55. The van der Waals surface area contributed by atoms with E-state index < -0.39 is 0 Å². The number of aromatic nitrogens is 2. The third kappa shape index (κ3) is 3.87. The summed E-state index contributed by atoms with van der Waals surface area (Å²) >= 11 is 0. The number of methoxy groups -OCH3 is 1. The molecule has 1 N–H and O–H groups in total. The number of carbonyl (C=O) groups excluding carboxylic acids is 1. The Labute approximate surface area is 141 Å². The minimum Gasteiger partial charge on any atom is -0.384 e. The number of ether oxygens (including phenoxy) is 2. The Bertz CT molecular complexity index is 556. The van der Waals surface area contributed by atoms with Gasteiger partial charge in [0.05, 0.1) is 25.4 Å². The molecule has 2 fully saturated rings. The highest BCUT2D eigenvalue weighted by Gasteiger charge is 2.40. The van der Waals surface area contributed by atoms with E-state index in [0.29, 0.717) is 44.4 Å². The van der Waals surface area contributed by atoms with Crippen molar-refractivity contribution in [3.8, 4) is 0 Å². The van der Waals surface area contributed by atoms with Crippen LogP contribution in [0.15, 0.2) is 4.52 Å². The van der Waals surface area contributed by atoms with Gasteiger partial charge in [0, 0.05) is 20.1 Å². The first kappa shape index (κ1) is 17.2. The van der Waals surface area contributed by atoms with Gasteiger partial charge >= 0.3 is 6.03 Å². The second-order valence-corrected chi connectivity index (χ2v) is 6.62. The number of carbonyl (C=O) groups is 1. The maximum absolute atomic E-state index is 12.6. The third-order valence-electron chi connectivity index (χ3n) is 4.77.